The van der Waals surface area contributed by atoms with Gasteiger partial charge in [-0.3, -0.25) is 0 Å². The molecule has 7 rings (SSSR count). The van der Waals surface area contributed by atoms with Gasteiger partial charge in [0.05, 0.1) is 36.2 Å². The van der Waals surface area contributed by atoms with Crippen molar-refractivity contribution in [1.82, 2.24) is 19.8 Å². The van der Waals surface area contributed by atoms with E-state index in [-0.39, 0.29) is 18.1 Å². The Hall–Kier alpha value is -3.80. The van der Waals surface area contributed by atoms with Crippen LogP contribution < -0.4 is 4.74 Å². The summed E-state index contributed by atoms with van der Waals surface area (Å²) in [7, 11) is 0. The van der Waals surface area contributed by atoms with Crippen LogP contribution >= 0.6 is 0 Å². The van der Waals surface area contributed by atoms with Gasteiger partial charge in [-0.2, -0.15) is 0 Å². The number of amides is 2. The Labute approximate surface area is 198 Å². The Morgan fingerprint density at radius 2 is 1.74 bits per heavy atom. The van der Waals surface area contributed by atoms with Gasteiger partial charge in [-0.1, -0.05) is 36.4 Å². The third-order valence-corrected chi connectivity index (χ3v) is 7.56. The van der Waals surface area contributed by atoms with Crippen LogP contribution in [0.5, 0.6) is 5.75 Å². The van der Waals surface area contributed by atoms with E-state index in [1.165, 1.54) is 11.1 Å². The second-order valence-electron chi connectivity index (χ2n) is 9.57. The number of H-pyrrole nitrogens is 1. The molecule has 2 amide bonds. The third kappa shape index (κ3) is 2.94. The molecule has 0 spiro atoms. The number of aromatic nitrogens is 2. The fourth-order valence-electron chi connectivity index (χ4n) is 6.02. The molecule has 1 aromatic heterocycles. The van der Waals surface area contributed by atoms with E-state index in [4.69, 9.17) is 4.74 Å². The number of rotatable bonds is 1. The molecule has 6 nitrogen and oxygen atoms in total. The predicted octanol–water partition coefficient (Wildman–Crippen LogP) is 5.74. The number of benzene rings is 3. The van der Waals surface area contributed by atoms with Crippen LogP contribution in [0.3, 0.4) is 0 Å². The molecule has 2 bridgehead atoms. The maximum Gasteiger partial charge on any atom is 0.321 e. The quantitative estimate of drug-likeness (QED) is 0.402. The summed E-state index contributed by atoms with van der Waals surface area (Å²) in [6.45, 7) is 3.62. The average molecular weight is 451 g/mol. The van der Waals surface area contributed by atoms with Crippen LogP contribution in [0, 0.1) is 6.92 Å². The topological polar surface area (TPSA) is 61.5 Å². The van der Waals surface area contributed by atoms with Gasteiger partial charge in [0, 0.05) is 5.56 Å². The number of nitrogens with one attached hydrogen (secondary N) is 1. The molecule has 2 unspecified atom stereocenters. The van der Waals surface area contributed by atoms with Crippen LogP contribution in [0.15, 0.2) is 60.7 Å². The molecule has 3 aliphatic rings. The number of urea groups is 1. The molecular weight excluding hydrogens is 424 g/mol. The monoisotopic (exact) mass is 450 g/mol. The van der Waals surface area contributed by atoms with Gasteiger partial charge in [0.25, 0.3) is 0 Å². The highest BCUT2D eigenvalue weighted by Gasteiger charge is 2.47. The van der Waals surface area contributed by atoms with Crippen LogP contribution in [0.25, 0.3) is 22.2 Å². The normalized spacial score (nSPS) is 20.7. The lowest BCUT2D eigenvalue weighted by Gasteiger charge is -2.30. The van der Waals surface area contributed by atoms with Gasteiger partial charge >= 0.3 is 6.03 Å². The van der Waals surface area contributed by atoms with Gasteiger partial charge in [-0.15, -0.1) is 0 Å². The number of hydrogen-bond donors (Lipinski definition) is 1. The van der Waals surface area contributed by atoms with E-state index >= 15 is 0 Å². The van der Waals surface area contributed by atoms with Crippen LogP contribution in [0.1, 0.15) is 47.4 Å². The molecule has 0 saturated carbocycles. The third-order valence-electron chi connectivity index (χ3n) is 7.56. The van der Waals surface area contributed by atoms with Crippen molar-refractivity contribution in [3.63, 3.8) is 0 Å². The van der Waals surface area contributed by atoms with Crippen LogP contribution in [0.2, 0.25) is 0 Å². The highest BCUT2D eigenvalue weighted by molar-refractivity contribution is 5.82. The van der Waals surface area contributed by atoms with Crippen molar-refractivity contribution in [3.8, 4) is 16.9 Å². The van der Waals surface area contributed by atoms with E-state index in [1.54, 1.807) is 0 Å². The molecular formula is C28H26N4O2. The van der Waals surface area contributed by atoms with E-state index in [1.807, 2.05) is 24.0 Å². The number of ether oxygens (including phenoxy) is 1. The predicted molar refractivity (Wildman–Crippen MR) is 131 cm³/mol. The van der Waals surface area contributed by atoms with E-state index in [9.17, 15) is 4.79 Å². The molecule has 4 aromatic rings. The Morgan fingerprint density at radius 3 is 2.53 bits per heavy atom. The van der Waals surface area contributed by atoms with Gasteiger partial charge in [0.15, 0.2) is 0 Å². The van der Waals surface area contributed by atoms with Gasteiger partial charge in [-0.25, -0.2) is 9.78 Å². The van der Waals surface area contributed by atoms with E-state index in [2.05, 4.69) is 63.4 Å². The number of nitrogens with zero attached hydrogens (tertiary/aromatic N) is 3. The first-order chi connectivity index (χ1) is 16.7. The SMILES string of the molecule is Cc1nc2ccc(-c3ccc4c(c3)CN(C(=O)N3C5CCC3c3ccccc35)CCO4)cc2[nH]1. The van der Waals surface area contributed by atoms with E-state index < -0.39 is 0 Å². The molecule has 0 aliphatic carbocycles. The molecule has 0 radical (unpaired) electrons. The number of aryl methyl sites for hydroxylation is 1. The summed E-state index contributed by atoms with van der Waals surface area (Å²) in [6.07, 6.45) is 2.10. The summed E-state index contributed by atoms with van der Waals surface area (Å²) < 4.78 is 6.06. The van der Waals surface area contributed by atoms with Crippen molar-refractivity contribution in [2.75, 3.05) is 13.2 Å². The molecule has 4 heterocycles. The zero-order valence-corrected chi connectivity index (χ0v) is 19.1. The number of hydrogen-bond acceptors (Lipinski definition) is 3. The molecule has 170 valence electrons. The number of carbonyl (C=O) groups is 1. The maximum absolute atomic E-state index is 13.8. The molecule has 1 saturated heterocycles. The first-order valence-corrected chi connectivity index (χ1v) is 12.0. The lowest BCUT2D eigenvalue weighted by atomic mass is 9.92. The van der Waals surface area contributed by atoms with Crippen molar-refractivity contribution in [2.24, 2.45) is 0 Å². The minimum Gasteiger partial charge on any atom is -0.491 e. The zero-order chi connectivity index (χ0) is 22.8. The van der Waals surface area contributed by atoms with Crippen molar-refractivity contribution in [1.29, 1.82) is 0 Å². The molecule has 1 fully saturated rings. The highest BCUT2D eigenvalue weighted by atomic mass is 16.5. The summed E-state index contributed by atoms with van der Waals surface area (Å²) in [4.78, 5) is 25.7. The number of imidazole rings is 1. The van der Waals surface area contributed by atoms with Crippen molar-refractivity contribution in [3.05, 3.63) is 83.2 Å². The maximum atomic E-state index is 13.8. The first kappa shape index (κ1) is 19.6. The van der Waals surface area contributed by atoms with Crippen molar-refractivity contribution < 1.29 is 9.53 Å². The highest BCUT2D eigenvalue weighted by Crippen LogP contribution is 2.53. The van der Waals surface area contributed by atoms with Crippen molar-refractivity contribution in [2.45, 2.75) is 38.4 Å². The van der Waals surface area contributed by atoms with E-state index in [0.29, 0.717) is 19.7 Å². The van der Waals surface area contributed by atoms with Crippen LogP contribution in [-0.4, -0.2) is 39.0 Å². The molecule has 3 aromatic carbocycles. The number of aromatic amines is 1. The lowest BCUT2D eigenvalue weighted by molar-refractivity contribution is 0.132. The summed E-state index contributed by atoms with van der Waals surface area (Å²) >= 11 is 0. The van der Waals surface area contributed by atoms with Crippen LogP contribution in [0.4, 0.5) is 4.79 Å². The Kier molecular flexibility index (Phi) is 4.25. The summed E-state index contributed by atoms with van der Waals surface area (Å²) in [5.41, 5.74) is 7.93. The van der Waals surface area contributed by atoms with Gasteiger partial charge in [-0.05, 0) is 66.3 Å². The molecule has 1 N–H and O–H groups in total. The minimum atomic E-state index is 0.125. The Bertz CT molecular complexity index is 1410. The lowest BCUT2D eigenvalue weighted by Crippen LogP contribution is -2.42. The fraction of sp³-hybridized carbons (Fsp3) is 0.286. The van der Waals surface area contributed by atoms with Crippen molar-refractivity contribution >= 4 is 17.1 Å². The standard InChI is InChI=1S/C28H26N4O2/c1-17-29-23-8-6-19(15-24(23)30-17)18-7-11-27-20(14-18)16-31(12-13-34-27)28(33)32-25-9-10-26(32)22-5-3-2-4-21(22)25/h2-8,11,14-15,25-26H,9-10,12-13,16H2,1H3,(H,29,30). The number of carbonyl (C=O) groups excluding carboxylic acids is 1. The zero-order valence-electron chi connectivity index (χ0n) is 19.1. The first-order valence-electron chi connectivity index (χ1n) is 12.0. The molecule has 3 aliphatic heterocycles. The largest absolute Gasteiger partial charge is 0.491 e. The fourth-order valence-corrected chi connectivity index (χ4v) is 6.02. The summed E-state index contributed by atoms with van der Waals surface area (Å²) in [6, 6.07) is 21.7. The summed E-state index contributed by atoms with van der Waals surface area (Å²) in [5, 5.41) is 0. The Morgan fingerprint density at radius 1 is 1.00 bits per heavy atom. The smallest absolute Gasteiger partial charge is 0.321 e. The number of fused-ring (bicyclic) bond motifs is 7. The Balaban J connectivity index is 1.19. The molecule has 6 heteroatoms. The second kappa shape index (κ2) is 7.35. The van der Waals surface area contributed by atoms with Gasteiger partial charge < -0.3 is 19.5 Å². The van der Waals surface area contributed by atoms with Gasteiger partial charge in [0.1, 0.15) is 18.2 Å². The minimum absolute atomic E-state index is 0.125. The molecule has 34 heavy (non-hydrogen) atoms. The summed E-state index contributed by atoms with van der Waals surface area (Å²) in [5.74, 6) is 1.78. The molecule has 2 atom stereocenters. The second-order valence-corrected chi connectivity index (χ2v) is 9.57. The van der Waals surface area contributed by atoms with Crippen LogP contribution in [-0.2, 0) is 6.54 Å². The average Bonchev–Trinajstić information content (AvgIpc) is 3.49. The van der Waals surface area contributed by atoms with E-state index in [0.717, 1.165) is 52.1 Å². The van der Waals surface area contributed by atoms with Gasteiger partial charge in [0.2, 0.25) is 0 Å².